The van der Waals surface area contributed by atoms with E-state index in [9.17, 15) is 8.78 Å². The smallest absolute Gasteiger partial charge is 0.200 e. The zero-order valence-electron chi connectivity index (χ0n) is 6.89. The van der Waals surface area contributed by atoms with Crippen LogP contribution in [0.2, 0.25) is 5.28 Å². The molecule has 0 aliphatic carbocycles. The zero-order valence-corrected chi connectivity index (χ0v) is 7.65. The van der Waals surface area contributed by atoms with Gasteiger partial charge in [0.25, 0.3) is 0 Å². The molecular formula is C9H5ClF2N2. The second kappa shape index (κ2) is 3.38. The highest BCUT2D eigenvalue weighted by molar-refractivity contribution is 6.28. The van der Waals surface area contributed by atoms with Crippen LogP contribution >= 0.6 is 11.6 Å². The molecule has 2 aromatic rings. The lowest BCUT2D eigenvalue weighted by Crippen LogP contribution is -1.85. The Bertz CT molecular complexity index is 468. The number of nitrogens with one attached hydrogen (secondary N) is 1. The first kappa shape index (κ1) is 9.15. The quantitative estimate of drug-likeness (QED) is 0.777. The van der Waals surface area contributed by atoms with E-state index in [1.165, 1.54) is 12.3 Å². The Hall–Kier alpha value is -1.42. The minimum atomic E-state index is -0.895. The number of imidazole rings is 1. The third-order valence-corrected chi connectivity index (χ3v) is 1.97. The number of halogens is 3. The van der Waals surface area contributed by atoms with E-state index in [0.717, 1.165) is 12.1 Å². The first-order valence-electron chi connectivity index (χ1n) is 3.83. The maximum absolute atomic E-state index is 12.8. The molecule has 0 unspecified atom stereocenters. The van der Waals surface area contributed by atoms with Crippen LogP contribution in [0.3, 0.4) is 0 Å². The third kappa shape index (κ3) is 1.61. The van der Waals surface area contributed by atoms with Gasteiger partial charge in [0.1, 0.15) is 0 Å². The van der Waals surface area contributed by atoms with Crippen molar-refractivity contribution in [1.82, 2.24) is 9.97 Å². The first-order valence-corrected chi connectivity index (χ1v) is 4.20. The Morgan fingerprint density at radius 1 is 1.21 bits per heavy atom. The Balaban J connectivity index is 2.47. The van der Waals surface area contributed by atoms with Gasteiger partial charge in [0.05, 0.1) is 11.9 Å². The number of nitrogens with zero attached hydrogens (tertiary/aromatic N) is 1. The van der Waals surface area contributed by atoms with Crippen molar-refractivity contribution < 1.29 is 8.78 Å². The summed E-state index contributed by atoms with van der Waals surface area (Å²) in [5, 5.41) is 0.213. The monoisotopic (exact) mass is 214 g/mol. The van der Waals surface area contributed by atoms with Gasteiger partial charge in [-0.3, -0.25) is 0 Å². The molecule has 0 bridgehead atoms. The van der Waals surface area contributed by atoms with Gasteiger partial charge in [-0.1, -0.05) is 0 Å². The molecule has 5 heteroatoms. The van der Waals surface area contributed by atoms with Gasteiger partial charge in [0.15, 0.2) is 16.9 Å². The number of hydrogen-bond donors (Lipinski definition) is 1. The Morgan fingerprint density at radius 3 is 2.57 bits per heavy atom. The maximum atomic E-state index is 12.8. The number of aromatic amines is 1. The lowest BCUT2D eigenvalue weighted by atomic mass is 10.1. The number of aromatic nitrogens is 2. The molecule has 0 fully saturated rings. The van der Waals surface area contributed by atoms with Gasteiger partial charge in [0.2, 0.25) is 0 Å². The minimum Gasteiger partial charge on any atom is -0.329 e. The summed E-state index contributed by atoms with van der Waals surface area (Å²) in [4.78, 5) is 6.44. The minimum absolute atomic E-state index is 0.213. The summed E-state index contributed by atoms with van der Waals surface area (Å²) in [6, 6.07) is 3.58. The van der Waals surface area contributed by atoms with Crippen molar-refractivity contribution >= 4 is 11.6 Å². The lowest BCUT2D eigenvalue weighted by Gasteiger charge is -1.97. The van der Waals surface area contributed by atoms with Gasteiger partial charge in [-0.15, -0.1) is 0 Å². The summed E-state index contributed by atoms with van der Waals surface area (Å²) >= 11 is 5.55. The van der Waals surface area contributed by atoms with Crippen LogP contribution in [0.1, 0.15) is 0 Å². The van der Waals surface area contributed by atoms with E-state index in [1.54, 1.807) is 0 Å². The normalized spacial score (nSPS) is 10.5. The molecule has 0 spiro atoms. The van der Waals surface area contributed by atoms with Crippen molar-refractivity contribution in [1.29, 1.82) is 0 Å². The Kier molecular flexibility index (Phi) is 2.21. The largest absolute Gasteiger partial charge is 0.329 e. The highest BCUT2D eigenvalue weighted by Crippen LogP contribution is 2.20. The molecule has 0 radical (unpaired) electrons. The first-order chi connectivity index (χ1) is 6.66. The standard InChI is InChI=1S/C9H5ClF2N2/c10-9-13-4-8(14-9)5-1-2-6(11)7(12)3-5/h1-4H,(H,13,14). The fourth-order valence-corrected chi connectivity index (χ4v) is 1.26. The number of hydrogen-bond acceptors (Lipinski definition) is 1. The van der Waals surface area contributed by atoms with Crippen LogP contribution in [0.15, 0.2) is 24.4 Å². The molecule has 2 nitrogen and oxygen atoms in total. The molecule has 1 aromatic heterocycles. The molecule has 72 valence electrons. The molecule has 0 aliphatic rings. The third-order valence-electron chi connectivity index (χ3n) is 1.78. The summed E-state index contributed by atoms with van der Waals surface area (Å²) in [6.45, 7) is 0. The zero-order chi connectivity index (χ0) is 10.1. The summed E-state index contributed by atoms with van der Waals surface area (Å²) < 4.78 is 25.4. The average molecular weight is 215 g/mol. The van der Waals surface area contributed by atoms with Crippen molar-refractivity contribution in [3.63, 3.8) is 0 Å². The predicted octanol–water partition coefficient (Wildman–Crippen LogP) is 3.01. The molecule has 1 N–H and O–H groups in total. The second-order valence-corrected chi connectivity index (χ2v) is 3.07. The molecule has 0 atom stereocenters. The molecule has 0 amide bonds. The van der Waals surface area contributed by atoms with Gasteiger partial charge in [-0.2, -0.15) is 0 Å². The molecule has 1 aromatic carbocycles. The van der Waals surface area contributed by atoms with Gasteiger partial charge in [-0.05, 0) is 29.8 Å². The molecule has 0 saturated heterocycles. The SMILES string of the molecule is Fc1ccc(-c2cnc(Cl)[nH]2)cc1F. The Labute approximate surface area is 83.6 Å². The predicted molar refractivity (Wildman–Crippen MR) is 48.9 cm³/mol. The van der Waals surface area contributed by atoms with Crippen LogP contribution in [0, 0.1) is 11.6 Å². The van der Waals surface area contributed by atoms with Crippen LogP contribution in [-0.4, -0.2) is 9.97 Å². The van der Waals surface area contributed by atoms with Crippen LogP contribution < -0.4 is 0 Å². The molecule has 0 saturated carbocycles. The van der Waals surface area contributed by atoms with Crippen LogP contribution in [0.4, 0.5) is 8.78 Å². The summed E-state index contributed by atoms with van der Waals surface area (Å²) in [5.74, 6) is -1.77. The summed E-state index contributed by atoms with van der Waals surface area (Å²) in [7, 11) is 0. The van der Waals surface area contributed by atoms with Gasteiger partial charge in [-0.25, -0.2) is 13.8 Å². The van der Waals surface area contributed by atoms with E-state index in [2.05, 4.69) is 9.97 Å². The van der Waals surface area contributed by atoms with Gasteiger partial charge < -0.3 is 4.98 Å². The lowest BCUT2D eigenvalue weighted by molar-refractivity contribution is 0.509. The van der Waals surface area contributed by atoms with Crippen LogP contribution in [0.25, 0.3) is 11.3 Å². The van der Waals surface area contributed by atoms with E-state index >= 15 is 0 Å². The summed E-state index contributed by atoms with van der Waals surface area (Å²) in [6.07, 6.45) is 1.45. The number of rotatable bonds is 1. The number of H-pyrrole nitrogens is 1. The molecule has 0 aliphatic heterocycles. The van der Waals surface area contributed by atoms with E-state index in [4.69, 9.17) is 11.6 Å². The molecule has 1 heterocycles. The average Bonchev–Trinajstić information content (AvgIpc) is 2.57. The Morgan fingerprint density at radius 2 is 2.00 bits per heavy atom. The fourth-order valence-electron chi connectivity index (χ4n) is 1.11. The van der Waals surface area contributed by atoms with Crippen molar-refractivity contribution in [2.45, 2.75) is 0 Å². The fraction of sp³-hybridized carbons (Fsp3) is 0. The van der Waals surface area contributed by atoms with E-state index in [0.29, 0.717) is 11.3 Å². The van der Waals surface area contributed by atoms with Crippen LogP contribution in [0.5, 0.6) is 0 Å². The second-order valence-electron chi connectivity index (χ2n) is 2.72. The van der Waals surface area contributed by atoms with E-state index in [-0.39, 0.29) is 5.28 Å². The van der Waals surface area contributed by atoms with E-state index < -0.39 is 11.6 Å². The molecule has 14 heavy (non-hydrogen) atoms. The topological polar surface area (TPSA) is 28.7 Å². The highest BCUT2D eigenvalue weighted by atomic mass is 35.5. The van der Waals surface area contributed by atoms with Gasteiger partial charge >= 0.3 is 0 Å². The molecular weight excluding hydrogens is 210 g/mol. The maximum Gasteiger partial charge on any atom is 0.200 e. The van der Waals surface area contributed by atoms with E-state index in [1.807, 2.05) is 0 Å². The van der Waals surface area contributed by atoms with Crippen molar-refractivity contribution in [3.8, 4) is 11.3 Å². The summed E-state index contributed by atoms with van der Waals surface area (Å²) in [5.41, 5.74) is 1.05. The van der Waals surface area contributed by atoms with Crippen LogP contribution in [-0.2, 0) is 0 Å². The van der Waals surface area contributed by atoms with Crippen molar-refractivity contribution in [3.05, 3.63) is 41.3 Å². The van der Waals surface area contributed by atoms with Gasteiger partial charge in [0, 0.05) is 5.56 Å². The molecule has 2 rings (SSSR count). The highest BCUT2D eigenvalue weighted by Gasteiger charge is 2.06. The number of benzene rings is 1. The van der Waals surface area contributed by atoms with Crippen molar-refractivity contribution in [2.75, 3.05) is 0 Å². The van der Waals surface area contributed by atoms with Crippen molar-refractivity contribution in [2.24, 2.45) is 0 Å².